The van der Waals surface area contributed by atoms with Gasteiger partial charge in [0.1, 0.15) is 13.2 Å². The van der Waals surface area contributed by atoms with Gasteiger partial charge in [0.05, 0.1) is 0 Å². The molecule has 2 aromatic carbocycles. The van der Waals surface area contributed by atoms with E-state index in [4.69, 9.17) is 9.47 Å². The molecule has 0 bridgehead atoms. The molecule has 20 heavy (non-hydrogen) atoms. The normalized spacial score (nSPS) is 13.1. The zero-order chi connectivity index (χ0) is 13.9. The van der Waals surface area contributed by atoms with Crippen molar-refractivity contribution in [2.45, 2.75) is 13.5 Å². The van der Waals surface area contributed by atoms with Crippen LogP contribution < -0.4 is 14.8 Å². The second-order valence-electron chi connectivity index (χ2n) is 4.81. The zero-order valence-corrected chi connectivity index (χ0v) is 12.9. The summed E-state index contributed by atoms with van der Waals surface area (Å²) in [5.74, 6) is 1.69. The first-order valence-electron chi connectivity index (χ1n) is 6.61. The summed E-state index contributed by atoms with van der Waals surface area (Å²) in [6, 6.07) is 12.3. The van der Waals surface area contributed by atoms with E-state index in [1.807, 2.05) is 12.1 Å². The van der Waals surface area contributed by atoms with Crippen LogP contribution in [0.2, 0.25) is 0 Å². The van der Waals surface area contributed by atoms with Crippen LogP contribution in [0.25, 0.3) is 0 Å². The summed E-state index contributed by atoms with van der Waals surface area (Å²) in [6.07, 6.45) is 0. The van der Waals surface area contributed by atoms with Crippen molar-refractivity contribution in [3.05, 3.63) is 52.0 Å². The smallest absolute Gasteiger partial charge is 0.166 e. The van der Waals surface area contributed by atoms with Gasteiger partial charge in [0.25, 0.3) is 0 Å². The first-order chi connectivity index (χ1) is 9.72. The molecular weight excluding hydrogens is 318 g/mol. The lowest BCUT2D eigenvalue weighted by atomic mass is 10.1. The molecule has 0 aromatic heterocycles. The van der Waals surface area contributed by atoms with Gasteiger partial charge in [0.2, 0.25) is 0 Å². The average Bonchev–Trinajstić information content (AvgIpc) is 2.44. The summed E-state index contributed by atoms with van der Waals surface area (Å²) in [5, 5.41) is 3.43. The standard InChI is InChI=1S/C16H16BrNO2/c1-11-7-13(17)9-14(8-11)18-10-12-3-2-4-15-16(12)20-6-5-19-15/h2-4,7-9,18H,5-6,10H2,1H3. The molecule has 0 radical (unpaired) electrons. The van der Waals surface area contributed by atoms with Gasteiger partial charge in [-0.1, -0.05) is 28.1 Å². The van der Waals surface area contributed by atoms with Crippen molar-refractivity contribution in [2.75, 3.05) is 18.5 Å². The third-order valence-corrected chi connectivity index (χ3v) is 3.63. The SMILES string of the molecule is Cc1cc(Br)cc(NCc2cccc3c2OCCO3)c1. The van der Waals surface area contributed by atoms with Crippen molar-refractivity contribution in [2.24, 2.45) is 0 Å². The Kier molecular flexibility index (Phi) is 3.83. The maximum atomic E-state index is 5.72. The molecule has 2 aromatic rings. The summed E-state index contributed by atoms with van der Waals surface area (Å²) in [7, 11) is 0. The number of nitrogens with one attached hydrogen (secondary N) is 1. The molecule has 0 amide bonds. The Morgan fingerprint density at radius 1 is 1.15 bits per heavy atom. The number of hydrogen-bond donors (Lipinski definition) is 1. The quantitative estimate of drug-likeness (QED) is 0.915. The summed E-state index contributed by atoms with van der Waals surface area (Å²) < 4.78 is 12.4. The molecule has 1 aliphatic heterocycles. The summed E-state index contributed by atoms with van der Waals surface area (Å²) in [4.78, 5) is 0. The number of hydrogen-bond acceptors (Lipinski definition) is 3. The second kappa shape index (κ2) is 5.75. The molecule has 1 N–H and O–H groups in total. The van der Waals surface area contributed by atoms with Crippen molar-refractivity contribution in [3.63, 3.8) is 0 Å². The molecular formula is C16H16BrNO2. The third-order valence-electron chi connectivity index (χ3n) is 3.17. The molecule has 0 saturated carbocycles. The van der Waals surface area contributed by atoms with E-state index in [1.165, 1.54) is 5.56 Å². The lowest BCUT2D eigenvalue weighted by molar-refractivity contribution is 0.170. The largest absolute Gasteiger partial charge is 0.486 e. The molecule has 3 nitrogen and oxygen atoms in total. The number of fused-ring (bicyclic) bond motifs is 1. The monoisotopic (exact) mass is 333 g/mol. The fourth-order valence-electron chi connectivity index (χ4n) is 2.31. The van der Waals surface area contributed by atoms with Crippen LogP contribution in [0.5, 0.6) is 11.5 Å². The number of rotatable bonds is 3. The zero-order valence-electron chi connectivity index (χ0n) is 11.3. The van der Waals surface area contributed by atoms with Gasteiger partial charge in [-0.2, -0.15) is 0 Å². The van der Waals surface area contributed by atoms with E-state index in [2.05, 4.69) is 52.4 Å². The molecule has 0 saturated heterocycles. The van der Waals surface area contributed by atoms with E-state index in [-0.39, 0.29) is 0 Å². The second-order valence-corrected chi connectivity index (χ2v) is 5.73. The molecule has 4 heteroatoms. The van der Waals surface area contributed by atoms with Crippen LogP contribution in [-0.2, 0) is 6.54 Å². The first kappa shape index (κ1) is 13.3. The topological polar surface area (TPSA) is 30.5 Å². The van der Waals surface area contributed by atoms with Gasteiger partial charge < -0.3 is 14.8 Å². The molecule has 0 fully saturated rings. The van der Waals surface area contributed by atoms with Crippen molar-refractivity contribution in [3.8, 4) is 11.5 Å². The van der Waals surface area contributed by atoms with Gasteiger partial charge in [-0.05, 0) is 36.8 Å². The van der Waals surface area contributed by atoms with Gasteiger partial charge in [0, 0.05) is 22.3 Å². The molecule has 0 unspecified atom stereocenters. The van der Waals surface area contributed by atoms with Crippen LogP contribution in [0, 0.1) is 6.92 Å². The molecule has 0 aliphatic carbocycles. The molecule has 104 valence electrons. The van der Waals surface area contributed by atoms with Gasteiger partial charge in [-0.3, -0.25) is 0 Å². The number of anilines is 1. The van der Waals surface area contributed by atoms with Gasteiger partial charge in [-0.25, -0.2) is 0 Å². The minimum absolute atomic E-state index is 0.611. The average molecular weight is 334 g/mol. The van der Waals surface area contributed by atoms with Crippen LogP contribution >= 0.6 is 15.9 Å². The van der Waals surface area contributed by atoms with Crippen molar-refractivity contribution < 1.29 is 9.47 Å². The van der Waals surface area contributed by atoms with Crippen molar-refractivity contribution in [1.82, 2.24) is 0 Å². The number of aryl methyl sites for hydroxylation is 1. The molecule has 3 rings (SSSR count). The van der Waals surface area contributed by atoms with E-state index in [0.717, 1.165) is 27.2 Å². The van der Waals surface area contributed by atoms with Gasteiger partial charge in [0.15, 0.2) is 11.5 Å². The predicted octanol–water partition coefficient (Wildman–Crippen LogP) is 4.14. The fraction of sp³-hybridized carbons (Fsp3) is 0.250. The summed E-state index contributed by atoms with van der Waals surface area (Å²) in [6.45, 7) is 4.02. The highest BCUT2D eigenvalue weighted by Gasteiger charge is 2.15. The highest BCUT2D eigenvalue weighted by molar-refractivity contribution is 9.10. The minimum Gasteiger partial charge on any atom is -0.486 e. The summed E-state index contributed by atoms with van der Waals surface area (Å²) in [5.41, 5.74) is 3.42. The van der Waals surface area contributed by atoms with E-state index in [1.54, 1.807) is 0 Å². The van der Waals surface area contributed by atoms with E-state index < -0.39 is 0 Å². The Morgan fingerprint density at radius 2 is 2.00 bits per heavy atom. The number of halogens is 1. The molecule has 1 aliphatic rings. The molecule has 0 spiro atoms. The Hall–Kier alpha value is -1.68. The van der Waals surface area contributed by atoms with E-state index in [0.29, 0.717) is 19.8 Å². The van der Waals surface area contributed by atoms with Crippen LogP contribution in [0.4, 0.5) is 5.69 Å². The van der Waals surface area contributed by atoms with Gasteiger partial charge in [-0.15, -0.1) is 0 Å². The first-order valence-corrected chi connectivity index (χ1v) is 7.40. The molecule has 1 heterocycles. The van der Waals surface area contributed by atoms with E-state index >= 15 is 0 Å². The van der Waals surface area contributed by atoms with Crippen molar-refractivity contribution in [1.29, 1.82) is 0 Å². The number of benzene rings is 2. The highest BCUT2D eigenvalue weighted by Crippen LogP contribution is 2.34. The number of ether oxygens (including phenoxy) is 2. The lowest BCUT2D eigenvalue weighted by Crippen LogP contribution is -2.17. The maximum absolute atomic E-state index is 5.72. The van der Waals surface area contributed by atoms with Crippen LogP contribution in [-0.4, -0.2) is 13.2 Å². The van der Waals surface area contributed by atoms with Crippen LogP contribution in [0.3, 0.4) is 0 Å². The van der Waals surface area contributed by atoms with Crippen LogP contribution in [0.15, 0.2) is 40.9 Å². The van der Waals surface area contributed by atoms with Crippen LogP contribution in [0.1, 0.15) is 11.1 Å². The van der Waals surface area contributed by atoms with Gasteiger partial charge >= 0.3 is 0 Å². The third kappa shape index (κ3) is 2.90. The van der Waals surface area contributed by atoms with E-state index in [9.17, 15) is 0 Å². The Labute approximate surface area is 127 Å². The lowest BCUT2D eigenvalue weighted by Gasteiger charge is -2.21. The fourth-order valence-corrected chi connectivity index (χ4v) is 2.92. The Balaban J connectivity index is 1.78. The number of para-hydroxylation sites is 1. The molecule has 0 atom stereocenters. The Bertz CT molecular complexity index is 608. The summed E-state index contributed by atoms with van der Waals surface area (Å²) >= 11 is 3.51. The predicted molar refractivity (Wildman–Crippen MR) is 83.6 cm³/mol. The highest BCUT2D eigenvalue weighted by atomic mass is 79.9. The maximum Gasteiger partial charge on any atom is 0.166 e. The minimum atomic E-state index is 0.611. The Morgan fingerprint density at radius 3 is 2.85 bits per heavy atom. The van der Waals surface area contributed by atoms with Crippen molar-refractivity contribution >= 4 is 21.6 Å².